The minimum atomic E-state index is -3.21. The second kappa shape index (κ2) is 7.69. The van der Waals surface area contributed by atoms with Crippen LogP contribution in [0.4, 0.5) is 11.8 Å². The number of anilines is 2. The lowest BCUT2D eigenvalue weighted by molar-refractivity contribution is 0.263. The number of hydrogen-bond acceptors (Lipinski definition) is 8. The molecule has 2 fully saturated rings. The molecule has 2 aromatic heterocycles. The number of fused-ring (bicyclic) bond motifs is 1. The summed E-state index contributed by atoms with van der Waals surface area (Å²) in [7, 11) is -3.21. The fourth-order valence-electron chi connectivity index (χ4n) is 3.78. The Kier molecular flexibility index (Phi) is 5.38. The molecule has 0 aromatic carbocycles. The molecule has 0 spiro atoms. The van der Waals surface area contributed by atoms with Crippen LogP contribution in [-0.4, -0.2) is 75.4 Å². The van der Waals surface area contributed by atoms with Gasteiger partial charge in [-0.3, -0.25) is 0 Å². The molecule has 1 saturated heterocycles. The molecule has 2 atom stereocenters. The molecular weight excluding hydrogens is 394 g/mol. The van der Waals surface area contributed by atoms with E-state index in [1.54, 1.807) is 6.33 Å². The van der Waals surface area contributed by atoms with Gasteiger partial charge in [0.2, 0.25) is 16.0 Å². The van der Waals surface area contributed by atoms with Gasteiger partial charge in [-0.1, -0.05) is 0 Å². The van der Waals surface area contributed by atoms with Crippen LogP contribution in [0.2, 0.25) is 0 Å². The zero-order valence-electron chi connectivity index (χ0n) is 17.0. The van der Waals surface area contributed by atoms with E-state index in [0.717, 1.165) is 12.8 Å². The third kappa shape index (κ3) is 4.31. The fraction of sp³-hybridized carbons (Fsp3) is 0.722. The summed E-state index contributed by atoms with van der Waals surface area (Å²) in [5.41, 5.74) is 1.37. The molecule has 2 aliphatic rings. The Labute approximate surface area is 170 Å². The molecule has 2 aromatic rings. The summed E-state index contributed by atoms with van der Waals surface area (Å²) in [6.07, 6.45) is 5.88. The fourth-order valence-corrected chi connectivity index (χ4v) is 4.66. The molecule has 1 aliphatic carbocycles. The highest BCUT2D eigenvalue weighted by atomic mass is 32.2. The van der Waals surface area contributed by atoms with Gasteiger partial charge in [-0.05, 0) is 39.0 Å². The molecular formula is C18H29N7O3S. The highest BCUT2D eigenvalue weighted by Crippen LogP contribution is 2.34. The molecule has 4 rings (SSSR count). The number of aliphatic hydroxyl groups is 1. The van der Waals surface area contributed by atoms with Crippen molar-refractivity contribution in [2.45, 2.75) is 51.2 Å². The summed E-state index contributed by atoms with van der Waals surface area (Å²) in [6, 6.07) is 0.0692. The lowest BCUT2D eigenvalue weighted by Crippen LogP contribution is -2.31. The van der Waals surface area contributed by atoms with Crippen molar-refractivity contribution in [3.05, 3.63) is 6.33 Å². The van der Waals surface area contributed by atoms with Gasteiger partial charge in [-0.2, -0.15) is 9.97 Å². The van der Waals surface area contributed by atoms with Crippen molar-refractivity contribution in [1.29, 1.82) is 0 Å². The van der Waals surface area contributed by atoms with E-state index in [1.807, 2.05) is 4.57 Å². The summed E-state index contributed by atoms with van der Waals surface area (Å²) in [4.78, 5) is 13.8. The molecule has 0 radical (unpaired) electrons. The number of hydrogen-bond donors (Lipinski definition) is 3. The van der Waals surface area contributed by atoms with Gasteiger partial charge in [0.05, 0.1) is 25.2 Å². The van der Waals surface area contributed by atoms with E-state index in [4.69, 9.17) is 0 Å². The van der Waals surface area contributed by atoms with Crippen LogP contribution in [-0.2, 0) is 10.0 Å². The molecule has 1 aliphatic heterocycles. The zero-order chi connectivity index (χ0) is 20.8. The van der Waals surface area contributed by atoms with E-state index in [2.05, 4.69) is 39.4 Å². The summed E-state index contributed by atoms with van der Waals surface area (Å²) < 4.78 is 27.1. The first-order chi connectivity index (χ1) is 13.8. The SMILES string of the molecule is CC(C)n1cnc2c(N[C@H]3CCN(S(C)(=O)=O)C3)nc(N[C@@H](CO)C3CC3)nc21. The molecule has 0 amide bonds. The molecule has 160 valence electrons. The summed E-state index contributed by atoms with van der Waals surface area (Å²) in [5, 5.41) is 16.4. The molecule has 3 heterocycles. The van der Waals surface area contributed by atoms with Crippen LogP contribution in [0.3, 0.4) is 0 Å². The third-order valence-electron chi connectivity index (χ3n) is 5.64. The Balaban J connectivity index is 1.64. The Morgan fingerprint density at radius 3 is 2.62 bits per heavy atom. The second-order valence-corrected chi connectivity index (χ2v) is 10.3. The molecule has 0 unspecified atom stereocenters. The Bertz CT molecular complexity index is 987. The van der Waals surface area contributed by atoms with Crippen molar-refractivity contribution in [2.75, 3.05) is 36.6 Å². The normalized spacial score (nSPS) is 21.8. The first-order valence-corrected chi connectivity index (χ1v) is 11.9. The van der Waals surface area contributed by atoms with Gasteiger partial charge in [0.15, 0.2) is 17.0 Å². The van der Waals surface area contributed by atoms with Crippen LogP contribution < -0.4 is 10.6 Å². The van der Waals surface area contributed by atoms with Crippen LogP contribution in [0, 0.1) is 5.92 Å². The van der Waals surface area contributed by atoms with Crippen LogP contribution in [0.15, 0.2) is 6.33 Å². The standard InChI is InChI=1S/C18H29N7O3S/c1-11(2)25-10-19-15-16(20-13-6-7-24(8-13)29(3,27)28)22-18(23-17(15)25)21-14(9-26)12-4-5-12/h10-14,26H,4-9H2,1-3H3,(H2,20,21,22,23)/t13-,14-/m0/s1. The second-order valence-electron chi connectivity index (χ2n) is 8.34. The Hall–Kier alpha value is -1.98. The van der Waals surface area contributed by atoms with Crippen LogP contribution in [0.25, 0.3) is 11.2 Å². The van der Waals surface area contributed by atoms with Crippen molar-refractivity contribution < 1.29 is 13.5 Å². The van der Waals surface area contributed by atoms with Gasteiger partial charge in [0, 0.05) is 25.2 Å². The summed E-state index contributed by atoms with van der Waals surface area (Å²) in [5.74, 6) is 1.49. The number of imidazole rings is 1. The van der Waals surface area contributed by atoms with Crippen molar-refractivity contribution >= 4 is 33.0 Å². The van der Waals surface area contributed by atoms with E-state index < -0.39 is 10.0 Å². The summed E-state index contributed by atoms with van der Waals surface area (Å²) >= 11 is 0. The molecule has 29 heavy (non-hydrogen) atoms. The van der Waals surface area contributed by atoms with Crippen molar-refractivity contribution in [3.63, 3.8) is 0 Å². The molecule has 11 heteroatoms. The van der Waals surface area contributed by atoms with Crippen molar-refractivity contribution in [1.82, 2.24) is 23.8 Å². The van der Waals surface area contributed by atoms with E-state index in [-0.39, 0.29) is 24.7 Å². The molecule has 1 saturated carbocycles. The maximum atomic E-state index is 11.8. The highest BCUT2D eigenvalue weighted by Gasteiger charge is 2.32. The van der Waals surface area contributed by atoms with Crippen LogP contribution in [0.5, 0.6) is 0 Å². The highest BCUT2D eigenvalue weighted by molar-refractivity contribution is 7.88. The van der Waals surface area contributed by atoms with E-state index in [9.17, 15) is 13.5 Å². The minimum Gasteiger partial charge on any atom is -0.394 e. The number of aromatic nitrogens is 4. The first kappa shape index (κ1) is 20.3. The van der Waals surface area contributed by atoms with E-state index >= 15 is 0 Å². The molecule has 0 bridgehead atoms. The zero-order valence-corrected chi connectivity index (χ0v) is 17.9. The number of nitrogens with zero attached hydrogens (tertiary/aromatic N) is 5. The largest absolute Gasteiger partial charge is 0.394 e. The average Bonchev–Trinajstić information content (AvgIpc) is 3.21. The van der Waals surface area contributed by atoms with Gasteiger partial charge in [0.1, 0.15) is 0 Å². The quantitative estimate of drug-likeness (QED) is 0.575. The Morgan fingerprint density at radius 2 is 2.03 bits per heavy atom. The van der Waals surface area contributed by atoms with Gasteiger partial charge >= 0.3 is 0 Å². The van der Waals surface area contributed by atoms with Crippen LogP contribution in [0.1, 0.15) is 39.2 Å². The minimum absolute atomic E-state index is 0.0320. The van der Waals surface area contributed by atoms with Crippen molar-refractivity contribution in [3.8, 4) is 0 Å². The predicted molar refractivity (Wildman–Crippen MR) is 111 cm³/mol. The predicted octanol–water partition coefficient (Wildman–Crippen LogP) is 1.04. The molecule has 10 nitrogen and oxygen atoms in total. The lowest BCUT2D eigenvalue weighted by Gasteiger charge is -2.19. The Morgan fingerprint density at radius 1 is 1.28 bits per heavy atom. The maximum absolute atomic E-state index is 11.8. The number of sulfonamides is 1. The van der Waals surface area contributed by atoms with Crippen LogP contribution >= 0.6 is 0 Å². The number of rotatable bonds is 8. The summed E-state index contributed by atoms with van der Waals surface area (Å²) in [6.45, 7) is 5.05. The van der Waals surface area contributed by atoms with Gasteiger partial charge in [0.25, 0.3) is 0 Å². The smallest absolute Gasteiger partial charge is 0.227 e. The van der Waals surface area contributed by atoms with Crippen molar-refractivity contribution in [2.24, 2.45) is 5.92 Å². The van der Waals surface area contributed by atoms with Gasteiger partial charge < -0.3 is 20.3 Å². The number of nitrogens with one attached hydrogen (secondary N) is 2. The lowest BCUT2D eigenvalue weighted by atomic mass is 10.2. The first-order valence-electron chi connectivity index (χ1n) is 10.1. The van der Waals surface area contributed by atoms with E-state index in [1.165, 1.54) is 10.6 Å². The maximum Gasteiger partial charge on any atom is 0.227 e. The average molecular weight is 424 g/mol. The topological polar surface area (TPSA) is 125 Å². The molecule has 3 N–H and O–H groups in total. The van der Waals surface area contributed by atoms with E-state index in [0.29, 0.717) is 48.4 Å². The monoisotopic (exact) mass is 423 g/mol. The van der Waals surface area contributed by atoms with Gasteiger partial charge in [-0.25, -0.2) is 17.7 Å². The van der Waals surface area contributed by atoms with Gasteiger partial charge in [-0.15, -0.1) is 0 Å². The number of aliphatic hydroxyl groups excluding tert-OH is 1. The third-order valence-corrected chi connectivity index (χ3v) is 6.91.